The number of pyridine rings is 1. The summed E-state index contributed by atoms with van der Waals surface area (Å²) < 4.78 is 68.7. The molecule has 4 amide bonds. The predicted octanol–water partition coefficient (Wildman–Crippen LogP) is 5.37. The Morgan fingerprint density at radius 2 is 1.86 bits per heavy atom. The van der Waals surface area contributed by atoms with Gasteiger partial charge in [0.1, 0.15) is 28.9 Å². The average molecular weight is 800 g/mol. The lowest BCUT2D eigenvalue weighted by Gasteiger charge is -2.37. The zero-order chi connectivity index (χ0) is 40.3. The molecule has 16 heteroatoms. The summed E-state index contributed by atoms with van der Waals surface area (Å²) >= 11 is 0. The molecule has 1 aromatic carbocycles. The van der Waals surface area contributed by atoms with Gasteiger partial charge in [-0.05, 0) is 69.8 Å². The molecule has 3 fully saturated rings. The number of hydrogen-bond donors (Lipinski definition) is 3. The minimum atomic E-state index is -4.05. The standard InChI is InChI=1S/C40H51F2N5O8S/c1-37(2,3)23-54-36(51)44-28-15-9-7-5-6-8-12-24-20-40(24,35(50)46-56(52,53)38(4)18-19-38)45-33(48)29-21-39(22-47(29)34(28)49)17-16-26-25-13-10-11-14-27(25)43-30(32(41)42)31(26)55-39/h8,10-14,24,28-29,32H,5-7,9,15-23H2,1-4H3,(H,44,51)(H,45,48)(H,46,50)/b12-8-/t24-,28+,29+,39-,40-/m1/s1. The van der Waals surface area contributed by atoms with Gasteiger partial charge in [0.15, 0.2) is 5.75 Å². The van der Waals surface area contributed by atoms with Crippen LogP contribution in [-0.2, 0) is 35.6 Å². The van der Waals surface area contributed by atoms with Gasteiger partial charge in [-0.2, -0.15) is 0 Å². The summed E-state index contributed by atoms with van der Waals surface area (Å²) in [5.74, 6) is -2.75. The van der Waals surface area contributed by atoms with Crippen molar-refractivity contribution in [3.63, 3.8) is 0 Å². The highest BCUT2D eigenvalue weighted by Gasteiger charge is 2.64. The number of ether oxygens (including phenoxy) is 2. The molecule has 56 heavy (non-hydrogen) atoms. The lowest BCUT2D eigenvalue weighted by Crippen LogP contribution is -2.58. The highest BCUT2D eigenvalue weighted by Crippen LogP contribution is 2.49. The van der Waals surface area contributed by atoms with Gasteiger partial charge in [0, 0.05) is 23.3 Å². The second-order valence-electron chi connectivity index (χ2n) is 17.6. The first kappa shape index (κ1) is 39.9. The van der Waals surface area contributed by atoms with E-state index >= 15 is 0 Å². The maximum absolute atomic E-state index is 14.7. The highest BCUT2D eigenvalue weighted by molar-refractivity contribution is 7.91. The summed E-state index contributed by atoms with van der Waals surface area (Å²) in [4.78, 5) is 61.9. The van der Waals surface area contributed by atoms with Crippen molar-refractivity contribution in [2.75, 3.05) is 13.2 Å². The quantitative estimate of drug-likeness (QED) is 0.325. The number of fused-ring (bicyclic) bond motifs is 5. The summed E-state index contributed by atoms with van der Waals surface area (Å²) in [5.41, 5.74) is -2.82. The number of hydrogen-bond acceptors (Lipinski definition) is 9. The average Bonchev–Trinajstić information content (AvgIpc) is 4.03. The van der Waals surface area contributed by atoms with Crippen LogP contribution in [0, 0.1) is 11.3 Å². The molecule has 2 saturated carbocycles. The number of alkyl carbamates (subject to hydrolysis) is 1. The molecule has 13 nitrogen and oxygen atoms in total. The van der Waals surface area contributed by atoms with E-state index in [1.807, 2.05) is 32.9 Å². The number of carbonyl (C=O) groups is 4. The number of amides is 4. The minimum Gasteiger partial charge on any atom is -0.483 e. The Bertz CT molecular complexity index is 2070. The molecule has 0 bridgehead atoms. The van der Waals surface area contributed by atoms with Gasteiger partial charge in [-0.3, -0.25) is 19.1 Å². The van der Waals surface area contributed by atoms with Gasteiger partial charge in [0.05, 0.1) is 23.4 Å². The maximum Gasteiger partial charge on any atom is 0.407 e. The van der Waals surface area contributed by atoms with Crippen molar-refractivity contribution in [3.8, 4) is 5.75 Å². The number of para-hydroxylation sites is 1. The van der Waals surface area contributed by atoms with E-state index < -0.39 is 79.8 Å². The summed E-state index contributed by atoms with van der Waals surface area (Å²) in [6.07, 6.45) is 4.28. The molecule has 2 aromatic rings. The molecule has 3 aliphatic heterocycles. The predicted molar refractivity (Wildman–Crippen MR) is 202 cm³/mol. The van der Waals surface area contributed by atoms with Crippen LogP contribution in [0.3, 0.4) is 0 Å². The van der Waals surface area contributed by atoms with E-state index in [0.29, 0.717) is 55.0 Å². The summed E-state index contributed by atoms with van der Waals surface area (Å²) in [5, 5.41) is 6.24. The Morgan fingerprint density at radius 1 is 1.11 bits per heavy atom. The lowest BCUT2D eigenvalue weighted by atomic mass is 9.87. The van der Waals surface area contributed by atoms with E-state index in [0.717, 1.165) is 6.42 Å². The van der Waals surface area contributed by atoms with Crippen LogP contribution < -0.4 is 20.1 Å². The molecule has 3 N–H and O–H groups in total. The number of halogens is 2. The normalized spacial score (nSPS) is 29.5. The number of rotatable bonds is 6. The van der Waals surface area contributed by atoms with Gasteiger partial charge in [-0.15, -0.1) is 0 Å². The molecule has 0 unspecified atom stereocenters. The van der Waals surface area contributed by atoms with E-state index in [-0.39, 0.29) is 50.0 Å². The number of benzene rings is 1. The number of aromatic nitrogens is 1. The van der Waals surface area contributed by atoms with Crippen LogP contribution in [-0.4, -0.2) is 83.2 Å². The monoisotopic (exact) mass is 799 g/mol. The van der Waals surface area contributed by atoms with Crippen molar-refractivity contribution >= 4 is 44.7 Å². The molecule has 1 aromatic heterocycles. The number of sulfonamides is 1. The number of nitrogens with one attached hydrogen (secondary N) is 3. The van der Waals surface area contributed by atoms with E-state index in [2.05, 4.69) is 20.3 Å². The molecule has 5 aliphatic rings. The zero-order valence-electron chi connectivity index (χ0n) is 32.3. The first-order valence-corrected chi connectivity index (χ1v) is 21.0. The van der Waals surface area contributed by atoms with Crippen LogP contribution in [0.2, 0.25) is 0 Å². The van der Waals surface area contributed by atoms with E-state index in [9.17, 15) is 36.4 Å². The molecule has 5 atom stereocenters. The van der Waals surface area contributed by atoms with Crippen LogP contribution in [0.25, 0.3) is 10.9 Å². The second kappa shape index (κ2) is 14.6. The molecular formula is C40H51F2N5O8S. The Labute approximate surface area is 325 Å². The zero-order valence-corrected chi connectivity index (χ0v) is 33.1. The van der Waals surface area contributed by atoms with Crippen LogP contribution >= 0.6 is 0 Å². The smallest absolute Gasteiger partial charge is 0.407 e. The fraction of sp³-hybridized carbons (Fsp3) is 0.625. The van der Waals surface area contributed by atoms with Gasteiger partial charge < -0.3 is 25.0 Å². The largest absolute Gasteiger partial charge is 0.483 e. The summed E-state index contributed by atoms with van der Waals surface area (Å²) in [6, 6.07) is 4.59. The SMILES string of the molecule is CC(C)(C)COC(=O)N[C@H]1CCCCC/C=C\[C@@H]2C[C@@]2(C(=O)NS(=O)(=O)C2(C)CC2)NC(=O)[C@@H]2C[C@]3(CCc4c(c(C(F)F)nc5ccccc45)O3)CN2C1=O. The molecule has 1 saturated heterocycles. The summed E-state index contributed by atoms with van der Waals surface area (Å²) in [6.45, 7) is 7.17. The van der Waals surface area contributed by atoms with Gasteiger partial charge in [0.2, 0.25) is 21.8 Å². The molecule has 1 spiro atoms. The number of carbonyl (C=O) groups excluding carboxylic acids is 4. The third kappa shape index (κ3) is 7.82. The van der Waals surface area contributed by atoms with Crippen LogP contribution in [0.4, 0.5) is 13.6 Å². The van der Waals surface area contributed by atoms with Gasteiger partial charge in [0.25, 0.3) is 12.3 Å². The third-order valence-corrected chi connectivity index (χ3v) is 14.0. The Kier molecular flexibility index (Phi) is 10.4. The Hall–Kier alpha value is -4.34. The fourth-order valence-corrected chi connectivity index (χ4v) is 9.43. The van der Waals surface area contributed by atoms with E-state index in [4.69, 9.17) is 9.47 Å². The summed E-state index contributed by atoms with van der Waals surface area (Å²) in [7, 11) is -4.05. The Morgan fingerprint density at radius 3 is 2.57 bits per heavy atom. The van der Waals surface area contributed by atoms with Crippen molar-refractivity contribution in [1.29, 1.82) is 0 Å². The van der Waals surface area contributed by atoms with E-state index in [1.165, 1.54) is 4.90 Å². The minimum absolute atomic E-state index is 0.0806. The molecule has 4 heterocycles. The number of alkyl halides is 2. The van der Waals surface area contributed by atoms with Crippen LogP contribution in [0.5, 0.6) is 5.75 Å². The van der Waals surface area contributed by atoms with Gasteiger partial charge in [-0.25, -0.2) is 27.0 Å². The Balaban J connectivity index is 1.24. The van der Waals surface area contributed by atoms with Crippen LogP contribution in [0.15, 0.2) is 36.4 Å². The van der Waals surface area contributed by atoms with Gasteiger partial charge in [-0.1, -0.05) is 64.0 Å². The maximum atomic E-state index is 14.7. The highest BCUT2D eigenvalue weighted by atomic mass is 32.2. The lowest BCUT2D eigenvalue weighted by molar-refractivity contribution is -0.141. The molecular weight excluding hydrogens is 749 g/mol. The fourth-order valence-electron chi connectivity index (χ4n) is 8.12. The molecule has 304 valence electrons. The van der Waals surface area contributed by atoms with Gasteiger partial charge >= 0.3 is 6.09 Å². The first-order chi connectivity index (χ1) is 26.4. The number of nitrogens with zero attached hydrogens (tertiary/aromatic N) is 2. The second-order valence-corrected chi connectivity index (χ2v) is 19.8. The van der Waals surface area contributed by atoms with Crippen molar-refractivity contribution in [1.82, 2.24) is 25.2 Å². The van der Waals surface area contributed by atoms with Crippen molar-refractivity contribution in [3.05, 3.63) is 47.7 Å². The number of allylic oxidation sites excluding steroid dienone is 1. The molecule has 2 aliphatic carbocycles. The topological polar surface area (TPSA) is 173 Å². The molecule has 7 rings (SSSR count). The van der Waals surface area contributed by atoms with Crippen molar-refractivity contribution < 1.29 is 45.9 Å². The molecule has 0 radical (unpaired) electrons. The third-order valence-electron chi connectivity index (χ3n) is 11.9. The first-order valence-electron chi connectivity index (χ1n) is 19.5. The van der Waals surface area contributed by atoms with Crippen molar-refractivity contribution in [2.45, 2.75) is 133 Å². The van der Waals surface area contributed by atoms with Crippen LogP contribution in [0.1, 0.15) is 110 Å². The number of aryl methyl sites for hydroxylation is 1. The van der Waals surface area contributed by atoms with E-state index in [1.54, 1.807) is 31.2 Å². The van der Waals surface area contributed by atoms with Crippen molar-refractivity contribution in [2.24, 2.45) is 11.3 Å².